The SMILES string of the molecule is CCC/C=C/C=C/C(=O)O[C@@H]1[C@@H](C)[C@@]2(O)[C@@H](C=C(CO)C[C@]3(O)C(=O)C(C)=C[C@@H]23)[C@@H]2C(C)(C)[C@]12OC(C)=O. The summed E-state index contributed by atoms with van der Waals surface area (Å²) in [6, 6.07) is 0. The number of carbonyl (C=O) groups excluding carboxylic acids is 3. The summed E-state index contributed by atoms with van der Waals surface area (Å²) in [6.07, 6.45) is 10.6. The Morgan fingerprint density at radius 1 is 1.18 bits per heavy atom. The molecule has 0 spiro atoms. The van der Waals surface area contributed by atoms with Crippen LogP contribution in [-0.4, -0.2) is 62.6 Å². The first-order valence-electron chi connectivity index (χ1n) is 13.4. The third-order valence-corrected chi connectivity index (χ3v) is 9.45. The first-order valence-corrected chi connectivity index (χ1v) is 13.4. The van der Waals surface area contributed by atoms with Crippen molar-refractivity contribution >= 4 is 17.7 Å². The number of rotatable bonds is 7. The summed E-state index contributed by atoms with van der Waals surface area (Å²) < 4.78 is 12.0. The van der Waals surface area contributed by atoms with Crippen molar-refractivity contribution < 1.29 is 39.2 Å². The summed E-state index contributed by atoms with van der Waals surface area (Å²) in [4.78, 5) is 38.6. The molecular formula is C30H40O8. The van der Waals surface area contributed by atoms with Gasteiger partial charge in [0.25, 0.3) is 0 Å². The Labute approximate surface area is 224 Å². The lowest BCUT2D eigenvalue weighted by atomic mass is 9.59. The second kappa shape index (κ2) is 9.57. The van der Waals surface area contributed by atoms with Crippen LogP contribution in [0.25, 0.3) is 0 Å². The van der Waals surface area contributed by atoms with E-state index in [2.05, 4.69) is 6.92 Å². The number of hydrogen-bond acceptors (Lipinski definition) is 8. The van der Waals surface area contributed by atoms with Gasteiger partial charge in [0.2, 0.25) is 0 Å². The number of unbranched alkanes of at least 4 members (excludes halogenated alkanes) is 1. The Morgan fingerprint density at radius 3 is 2.47 bits per heavy atom. The normalized spacial score (nSPS) is 41.1. The van der Waals surface area contributed by atoms with Gasteiger partial charge < -0.3 is 24.8 Å². The zero-order valence-corrected chi connectivity index (χ0v) is 23.1. The van der Waals surface area contributed by atoms with Crippen LogP contribution in [0.15, 0.2) is 47.6 Å². The number of fused-ring (bicyclic) bond motifs is 5. The van der Waals surface area contributed by atoms with Crippen LogP contribution >= 0.6 is 0 Å². The Kier molecular flexibility index (Phi) is 7.17. The molecule has 8 heteroatoms. The van der Waals surface area contributed by atoms with E-state index in [-0.39, 0.29) is 6.42 Å². The number of carbonyl (C=O) groups is 3. The van der Waals surface area contributed by atoms with Crippen molar-refractivity contribution in [3.8, 4) is 0 Å². The molecule has 0 aromatic carbocycles. The highest BCUT2D eigenvalue weighted by Crippen LogP contribution is 2.77. The standard InChI is InChI=1S/C30H40O8/c1-7-8-9-10-11-12-23(33)37-26-18(3)29(36)21(24-27(5,6)30(24,26)38-19(4)32)14-20(16-31)15-28(35)22(29)13-17(2)25(28)34/h9-14,18,21-22,24,26,31,35-36H,7-8,15-16H2,1-6H3/b10-9+,12-11+/t18-,21+,22-,24-,26-,28-,29-,30-/m1/s1. The van der Waals surface area contributed by atoms with E-state index in [1.54, 1.807) is 38.2 Å². The molecule has 3 N–H and O–H groups in total. The molecule has 4 aliphatic carbocycles. The molecule has 0 unspecified atom stereocenters. The molecule has 0 heterocycles. The number of allylic oxidation sites excluding steroid dienone is 3. The van der Waals surface area contributed by atoms with Crippen molar-refractivity contribution in [3.63, 3.8) is 0 Å². The minimum absolute atomic E-state index is 0.128. The molecule has 4 rings (SSSR count). The summed E-state index contributed by atoms with van der Waals surface area (Å²) >= 11 is 0. The number of hydrogen-bond donors (Lipinski definition) is 3. The van der Waals surface area contributed by atoms with Crippen LogP contribution in [-0.2, 0) is 23.9 Å². The fraction of sp³-hybridized carbons (Fsp3) is 0.633. The molecule has 0 saturated heterocycles. The Morgan fingerprint density at radius 2 is 1.87 bits per heavy atom. The van der Waals surface area contributed by atoms with Gasteiger partial charge in [-0.25, -0.2) is 4.79 Å². The van der Waals surface area contributed by atoms with Gasteiger partial charge in [0.1, 0.15) is 11.7 Å². The zero-order valence-electron chi connectivity index (χ0n) is 23.1. The molecule has 0 radical (unpaired) electrons. The lowest BCUT2D eigenvalue weighted by molar-refractivity contribution is -0.226. The molecule has 208 valence electrons. The maximum Gasteiger partial charge on any atom is 0.331 e. The summed E-state index contributed by atoms with van der Waals surface area (Å²) in [7, 11) is 0. The van der Waals surface area contributed by atoms with E-state index in [0.29, 0.717) is 11.1 Å². The van der Waals surface area contributed by atoms with Gasteiger partial charge in [0, 0.05) is 48.5 Å². The number of aliphatic hydroxyl groups is 3. The molecule has 8 nitrogen and oxygen atoms in total. The number of esters is 2. The number of ether oxygens (including phenoxy) is 2. The maximum absolute atomic E-state index is 13.2. The molecule has 4 aliphatic rings. The van der Waals surface area contributed by atoms with Crippen molar-refractivity contribution in [1.82, 2.24) is 0 Å². The Hall–Kier alpha value is -2.55. The largest absolute Gasteiger partial charge is 0.455 e. The van der Waals surface area contributed by atoms with Gasteiger partial charge in [-0.05, 0) is 24.5 Å². The highest BCUT2D eigenvalue weighted by atomic mass is 16.6. The van der Waals surface area contributed by atoms with Crippen molar-refractivity contribution in [3.05, 3.63) is 47.6 Å². The van der Waals surface area contributed by atoms with Gasteiger partial charge in [-0.3, -0.25) is 9.59 Å². The van der Waals surface area contributed by atoms with E-state index >= 15 is 0 Å². The second-order valence-corrected chi connectivity index (χ2v) is 12.0. The molecule has 0 aromatic rings. The maximum atomic E-state index is 13.2. The van der Waals surface area contributed by atoms with Crippen molar-refractivity contribution in [2.75, 3.05) is 6.61 Å². The lowest BCUT2D eigenvalue weighted by Gasteiger charge is -2.53. The Balaban J connectivity index is 1.84. The van der Waals surface area contributed by atoms with E-state index in [0.717, 1.165) is 12.8 Å². The van der Waals surface area contributed by atoms with Gasteiger partial charge in [-0.2, -0.15) is 0 Å². The van der Waals surface area contributed by atoms with Gasteiger partial charge in [0.05, 0.1) is 12.2 Å². The van der Waals surface area contributed by atoms with E-state index in [9.17, 15) is 29.7 Å². The first kappa shape index (κ1) is 28.5. The van der Waals surface area contributed by atoms with E-state index in [1.807, 2.05) is 19.9 Å². The average molecular weight is 529 g/mol. The molecule has 0 aliphatic heterocycles. The zero-order chi connectivity index (χ0) is 28.3. The molecule has 2 fully saturated rings. The van der Waals surface area contributed by atoms with Crippen LogP contribution in [0, 0.1) is 29.1 Å². The van der Waals surface area contributed by atoms with E-state index < -0.39 is 76.3 Å². The van der Waals surface area contributed by atoms with Crippen LogP contribution in [0.2, 0.25) is 0 Å². The smallest absolute Gasteiger partial charge is 0.331 e. The number of Topliss-reactive ketones (excluding diaryl/α,β-unsaturated/α-hetero) is 1. The van der Waals surface area contributed by atoms with Gasteiger partial charge >= 0.3 is 11.9 Å². The van der Waals surface area contributed by atoms with Gasteiger partial charge in [-0.1, -0.05) is 64.5 Å². The lowest BCUT2D eigenvalue weighted by Crippen LogP contribution is -2.66. The van der Waals surface area contributed by atoms with Crippen molar-refractivity contribution in [2.45, 2.75) is 83.7 Å². The molecule has 2 saturated carbocycles. The topological polar surface area (TPSA) is 130 Å². The molecule has 0 amide bonds. The molecule has 38 heavy (non-hydrogen) atoms. The highest BCUT2D eigenvalue weighted by molar-refractivity contribution is 6.04. The molecule has 0 aromatic heterocycles. The average Bonchev–Trinajstić information content (AvgIpc) is 3.26. The van der Waals surface area contributed by atoms with Crippen LogP contribution in [0.3, 0.4) is 0 Å². The predicted molar refractivity (Wildman–Crippen MR) is 139 cm³/mol. The summed E-state index contributed by atoms with van der Waals surface area (Å²) in [5, 5.41) is 34.5. The minimum atomic E-state index is -1.95. The first-order chi connectivity index (χ1) is 17.7. The summed E-state index contributed by atoms with van der Waals surface area (Å²) in [6.45, 7) is 10.0. The molecule has 8 atom stereocenters. The van der Waals surface area contributed by atoms with E-state index in [1.165, 1.54) is 13.0 Å². The molecular weight excluding hydrogens is 488 g/mol. The third-order valence-electron chi connectivity index (χ3n) is 9.45. The molecule has 0 bridgehead atoms. The monoisotopic (exact) mass is 528 g/mol. The van der Waals surface area contributed by atoms with Crippen molar-refractivity contribution in [2.24, 2.45) is 29.1 Å². The minimum Gasteiger partial charge on any atom is -0.455 e. The second-order valence-electron chi connectivity index (χ2n) is 12.0. The van der Waals surface area contributed by atoms with Crippen LogP contribution in [0.4, 0.5) is 0 Å². The number of aliphatic hydroxyl groups excluding tert-OH is 1. The van der Waals surface area contributed by atoms with Crippen LogP contribution < -0.4 is 0 Å². The quantitative estimate of drug-likeness (QED) is 0.199. The van der Waals surface area contributed by atoms with Gasteiger partial charge in [0.15, 0.2) is 11.4 Å². The Bertz CT molecular complexity index is 1140. The van der Waals surface area contributed by atoms with Gasteiger partial charge in [-0.15, -0.1) is 0 Å². The third kappa shape index (κ3) is 3.87. The van der Waals surface area contributed by atoms with Crippen LogP contribution in [0.5, 0.6) is 0 Å². The summed E-state index contributed by atoms with van der Waals surface area (Å²) in [5.41, 5.74) is -4.89. The summed E-state index contributed by atoms with van der Waals surface area (Å²) in [5.74, 6) is -4.74. The van der Waals surface area contributed by atoms with Crippen molar-refractivity contribution in [1.29, 1.82) is 0 Å². The van der Waals surface area contributed by atoms with E-state index in [4.69, 9.17) is 9.47 Å². The number of ketones is 1. The highest BCUT2D eigenvalue weighted by Gasteiger charge is 2.87. The van der Waals surface area contributed by atoms with Crippen LogP contribution in [0.1, 0.15) is 60.8 Å². The predicted octanol–water partition coefficient (Wildman–Crippen LogP) is 2.96. The fourth-order valence-electron chi connectivity index (χ4n) is 7.70. The fourth-order valence-corrected chi connectivity index (χ4v) is 7.70.